The smallest absolute Gasteiger partial charge is 0.271 e. The Balaban J connectivity index is 1.68. The van der Waals surface area contributed by atoms with Crippen molar-refractivity contribution in [3.05, 3.63) is 71.6 Å². The van der Waals surface area contributed by atoms with E-state index in [1.807, 2.05) is 41.2 Å². The molecule has 0 aliphatic heterocycles. The van der Waals surface area contributed by atoms with E-state index in [1.165, 1.54) is 13.3 Å². The molecule has 0 radical (unpaired) electrons. The zero-order valence-corrected chi connectivity index (χ0v) is 13.3. The van der Waals surface area contributed by atoms with Gasteiger partial charge in [0.15, 0.2) is 0 Å². The van der Waals surface area contributed by atoms with Gasteiger partial charge < -0.3 is 4.57 Å². The Labute approximate surface area is 138 Å². The quantitative estimate of drug-likeness (QED) is 0.591. The average Bonchev–Trinajstić information content (AvgIpc) is 3.19. The molecule has 6 nitrogen and oxygen atoms in total. The van der Waals surface area contributed by atoms with Gasteiger partial charge in [0.1, 0.15) is 0 Å². The van der Waals surface area contributed by atoms with Gasteiger partial charge in [-0.2, -0.15) is 14.6 Å². The van der Waals surface area contributed by atoms with Crippen molar-refractivity contribution >= 4 is 12.1 Å². The number of aryl methyl sites for hydroxylation is 2. The van der Waals surface area contributed by atoms with Crippen LogP contribution in [0.15, 0.2) is 53.9 Å². The van der Waals surface area contributed by atoms with E-state index in [2.05, 4.69) is 15.6 Å². The molecule has 1 aromatic carbocycles. The lowest BCUT2D eigenvalue weighted by Gasteiger charge is -2.04. The molecular weight excluding hydrogens is 309 g/mol. The minimum Gasteiger partial charge on any atom is -0.324 e. The Morgan fingerprint density at radius 1 is 1.25 bits per heavy atom. The van der Waals surface area contributed by atoms with Gasteiger partial charge in [-0.15, -0.1) is 0 Å². The molecule has 1 amide bonds. The van der Waals surface area contributed by atoms with Gasteiger partial charge >= 0.3 is 0 Å². The lowest BCUT2D eigenvalue weighted by atomic mass is 10.2. The minimum absolute atomic E-state index is 0.251. The van der Waals surface area contributed by atoms with Crippen LogP contribution in [-0.2, 0) is 7.05 Å². The second-order valence-electron chi connectivity index (χ2n) is 5.25. The molecule has 0 bridgehead atoms. The third kappa shape index (κ3) is 3.10. The van der Waals surface area contributed by atoms with Crippen molar-refractivity contribution in [3.63, 3.8) is 0 Å². The first kappa shape index (κ1) is 15.7. The molecule has 2 aromatic heterocycles. The summed E-state index contributed by atoms with van der Waals surface area (Å²) in [5.41, 5.74) is 4.56. The maximum Gasteiger partial charge on any atom is 0.271 e. The topological polar surface area (TPSA) is 64.2 Å². The summed E-state index contributed by atoms with van der Waals surface area (Å²) in [7, 11) is 1.50. The van der Waals surface area contributed by atoms with Gasteiger partial charge in [-0.05, 0) is 43.3 Å². The summed E-state index contributed by atoms with van der Waals surface area (Å²) in [4.78, 5) is 12.1. The van der Waals surface area contributed by atoms with Crippen LogP contribution in [0.2, 0.25) is 0 Å². The number of halogens is 1. The number of hydrogen-bond acceptors (Lipinski definition) is 3. The van der Waals surface area contributed by atoms with Crippen molar-refractivity contribution in [2.75, 3.05) is 0 Å². The highest BCUT2D eigenvalue weighted by molar-refractivity contribution is 5.95. The normalized spacial score (nSPS) is 11.1. The number of benzene rings is 1. The fourth-order valence-electron chi connectivity index (χ4n) is 2.30. The van der Waals surface area contributed by atoms with E-state index in [0.29, 0.717) is 11.3 Å². The Bertz CT molecular complexity index is 879. The summed E-state index contributed by atoms with van der Waals surface area (Å²) >= 11 is 0. The number of carbonyl (C=O) groups excluding carboxylic acids is 1. The van der Waals surface area contributed by atoms with Crippen molar-refractivity contribution in [3.8, 4) is 5.69 Å². The molecule has 0 spiro atoms. The number of carbonyl (C=O) groups is 1. The second-order valence-corrected chi connectivity index (χ2v) is 5.25. The fourth-order valence-corrected chi connectivity index (χ4v) is 2.30. The SMILES string of the molecule is Cc1nn(C)c(F)c1C=NNC(=O)c1ccc(-n2cccc2)cc1. The van der Waals surface area contributed by atoms with Crippen LogP contribution in [0.5, 0.6) is 0 Å². The van der Waals surface area contributed by atoms with Crippen molar-refractivity contribution in [2.24, 2.45) is 12.1 Å². The maximum absolute atomic E-state index is 13.7. The molecule has 0 fully saturated rings. The number of rotatable bonds is 4. The molecule has 0 aliphatic rings. The van der Waals surface area contributed by atoms with E-state index in [4.69, 9.17) is 0 Å². The summed E-state index contributed by atoms with van der Waals surface area (Å²) in [6.45, 7) is 1.67. The van der Waals surface area contributed by atoms with Gasteiger partial charge in [0.25, 0.3) is 5.91 Å². The summed E-state index contributed by atoms with van der Waals surface area (Å²) in [5, 5.41) is 7.74. The first-order valence-corrected chi connectivity index (χ1v) is 7.32. The van der Waals surface area contributed by atoms with E-state index in [1.54, 1.807) is 19.1 Å². The van der Waals surface area contributed by atoms with E-state index in [-0.39, 0.29) is 11.5 Å². The molecule has 0 unspecified atom stereocenters. The van der Waals surface area contributed by atoms with Crippen LogP contribution < -0.4 is 5.43 Å². The molecule has 2 heterocycles. The second kappa shape index (κ2) is 6.49. The van der Waals surface area contributed by atoms with Gasteiger partial charge in [0.2, 0.25) is 5.95 Å². The highest BCUT2D eigenvalue weighted by Crippen LogP contribution is 2.10. The molecule has 3 rings (SSSR count). The number of aromatic nitrogens is 3. The molecule has 7 heteroatoms. The molecule has 0 aliphatic carbocycles. The first-order chi connectivity index (χ1) is 11.6. The molecule has 24 heavy (non-hydrogen) atoms. The average molecular weight is 325 g/mol. The van der Waals surface area contributed by atoms with Crippen LogP contribution in [0.4, 0.5) is 4.39 Å². The Morgan fingerprint density at radius 2 is 1.92 bits per heavy atom. The third-order valence-corrected chi connectivity index (χ3v) is 3.59. The monoisotopic (exact) mass is 325 g/mol. The van der Waals surface area contributed by atoms with Gasteiger partial charge in [-0.3, -0.25) is 4.79 Å². The zero-order chi connectivity index (χ0) is 17.1. The number of nitrogens with one attached hydrogen (secondary N) is 1. The van der Waals surface area contributed by atoms with Gasteiger partial charge in [-0.25, -0.2) is 10.1 Å². The summed E-state index contributed by atoms with van der Waals surface area (Å²) in [6, 6.07) is 10.9. The first-order valence-electron chi connectivity index (χ1n) is 7.32. The molecule has 0 saturated carbocycles. The largest absolute Gasteiger partial charge is 0.324 e. The van der Waals surface area contributed by atoms with Crippen LogP contribution >= 0.6 is 0 Å². The van der Waals surface area contributed by atoms with E-state index >= 15 is 0 Å². The van der Waals surface area contributed by atoms with Crippen LogP contribution in [0.1, 0.15) is 21.6 Å². The lowest BCUT2D eigenvalue weighted by molar-refractivity contribution is 0.0955. The number of hydrazone groups is 1. The molecule has 122 valence electrons. The van der Waals surface area contributed by atoms with Crippen LogP contribution in [0, 0.1) is 12.9 Å². The fraction of sp³-hybridized carbons (Fsp3) is 0.118. The van der Waals surface area contributed by atoms with Crippen LogP contribution in [0.3, 0.4) is 0 Å². The van der Waals surface area contributed by atoms with Crippen LogP contribution in [-0.4, -0.2) is 26.5 Å². The summed E-state index contributed by atoms with van der Waals surface area (Å²) in [6.07, 6.45) is 5.10. The third-order valence-electron chi connectivity index (χ3n) is 3.59. The zero-order valence-electron chi connectivity index (χ0n) is 13.3. The number of nitrogens with zero attached hydrogens (tertiary/aromatic N) is 4. The van der Waals surface area contributed by atoms with Crippen molar-refractivity contribution in [1.82, 2.24) is 19.8 Å². The Hall–Kier alpha value is -3.22. The lowest BCUT2D eigenvalue weighted by Crippen LogP contribution is -2.17. The molecule has 0 atom stereocenters. The minimum atomic E-state index is -0.499. The summed E-state index contributed by atoms with van der Waals surface area (Å²) < 4.78 is 16.8. The van der Waals surface area contributed by atoms with Crippen molar-refractivity contribution in [1.29, 1.82) is 0 Å². The highest BCUT2D eigenvalue weighted by Gasteiger charge is 2.10. The maximum atomic E-state index is 13.7. The van der Waals surface area contributed by atoms with Crippen molar-refractivity contribution in [2.45, 2.75) is 6.92 Å². The molecule has 1 N–H and O–H groups in total. The standard InChI is InChI=1S/C17H16FN5O/c1-12-15(16(18)22(2)21-12)11-19-20-17(24)13-5-7-14(8-6-13)23-9-3-4-10-23/h3-11H,1-2H3,(H,20,24). The van der Waals surface area contributed by atoms with Gasteiger partial charge in [0.05, 0.1) is 17.5 Å². The Kier molecular flexibility index (Phi) is 4.24. The summed E-state index contributed by atoms with van der Waals surface area (Å²) in [5.74, 6) is -0.867. The van der Waals surface area contributed by atoms with E-state index < -0.39 is 5.95 Å². The predicted molar refractivity (Wildman–Crippen MR) is 88.7 cm³/mol. The van der Waals surface area contributed by atoms with E-state index in [9.17, 15) is 9.18 Å². The van der Waals surface area contributed by atoms with E-state index in [0.717, 1.165) is 10.4 Å². The molecule has 3 aromatic rings. The number of hydrogen-bond donors (Lipinski definition) is 1. The van der Waals surface area contributed by atoms with Crippen molar-refractivity contribution < 1.29 is 9.18 Å². The van der Waals surface area contributed by atoms with Crippen LogP contribution in [0.25, 0.3) is 5.69 Å². The number of amides is 1. The molecular formula is C17H16FN5O. The Morgan fingerprint density at radius 3 is 2.50 bits per heavy atom. The highest BCUT2D eigenvalue weighted by atomic mass is 19.1. The molecule has 0 saturated heterocycles. The van der Waals surface area contributed by atoms with Gasteiger partial charge in [-0.1, -0.05) is 0 Å². The predicted octanol–water partition coefficient (Wildman–Crippen LogP) is 2.42. The van der Waals surface area contributed by atoms with Gasteiger partial charge in [0, 0.05) is 30.7 Å².